The Morgan fingerprint density at radius 1 is 1.44 bits per heavy atom. The molecular weight excluding hydrogens is 265 g/mol. The molecule has 0 unspecified atom stereocenters. The van der Waals surface area contributed by atoms with Gasteiger partial charge >= 0.3 is 0 Å². The van der Waals surface area contributed by atoms with Gasteiger partial charge in [0.25, 0.3) is 6.43 Å². The topological polar surface area (TPSA) is 47.3 Å². The first-order chi connectivity index (χ1) is 8.50. The highest BCUT2D eigenvalue weighted by molar-refractivity contribution is 7.80. The zero-order chi connectivity index (χ0) is 13.5. The van der Waals surface area contributed by atoms with Crippen molar-refractivity contribution in [1.82, 2.24) is 0 Å². The summed E-state index contributed by atoms with van der Waals surface area (Å²) >= 11 is 4.67. The molecule has 100 valence electrons. The minimum Gasteiger partial charge on any atom is -0.389 e. The van der Waals surface area contributed by atoms with Crippen molar-refractivity contribution in [3.8, 4) is 0 Å². The van der Waals surface area contributed by atoms with E-state index in [1.165, 1.54) is 12.1 Å². The SMILES string of the molecule is NC(=S)c1ccc(NCCOCC(F)F)cc1F. The summed E-state index contributed by atoms with van der Waals surface area (Å²) in [5, 5.41) is 2.83. The van der Waals surface area contributed by atoms with Crippen LogP contribution in [0.5, 0.6) is 0 Å². The highest BCUT2D eigenvalue weighted by Crippen LogP contribution is 2.14. The van der Waals surface area contributed by atoms with Crippen molar-refractivity contribution in [3.05, 3.63) is 29.6 Å². The Hall–Kier alpha value is -1.34. The Morgan fingerprint density at radius 2 is 2.17 bits per heavy atom. The first-order valence-electron chi connectivity index (χ1n) is 5.20. The number of nitrogens with one attached hydrogen (secondary N) is 1. The van der Waals surface area contributed by atoms with E-state index in [2.05, 4.69) is 22.3 Å². The molecular formula is C11H13F3N2OS. The third-order valence-corrected chi connectivity index (χ3v) is 2.27. The van der Waals surface area contributed by atoms with E-state index in [4.69, 9.17) is 5.73 Å². The number of ether oxygens (including phenoxy) is 1. The molecule has 0 aromatic heterocycles. The zero-order valence-corrected chi connectivity index (χ0v) is 10.3. The number of nitrogens with two attached hydrogens (primary N) is 1. The first kappa shape index (κ1) is 14.7. The monoisotopic (exact) mass is 278 g/mol. The van der Waals surface area contributed by atoms with Crippen molar-refractivity contribution in [3.63, 3.8) is 0 Å². The molecule has 0 heterocycles. The molecule has 0 amide bonds. The van der Waals surface area contributed by atoms with E-state index in [-0.39, 0.29) is 17.2 Å². The summed E-state index contributed by atoms with van der Waals surface area (Å²) in [7, 11) is 0. The van der Waals surface area contributed by atoms with Crippen molar-refractivity contribution in [2.24, 2.45) is 5.73 Å². The Bertz CT molecular complexity index is 415. The second-order valence-corrected chi connectivity index (χ2v) is 3.89. The van der Waals surface area contributed by atoms with Crippen LogP contribution in [0.1, 0.15) is 5.56 Å². The smallest absolute Gasteiger partial charge is 0.261 e. The number of hydrogen-bond acceptors (Lipinski definition) is 3. The Labute approximate surface area is 108 Å². The molecule has 7 heteroatoms. The van der Waals surface area contributed by atoms with Crippen LogP contribution in [-0.2, 0) is 4.74 Å². The molecule has 0 atom stereocenters. The molecule has 0 aliphatic heterocycles. The predicted octanol–water partition coefficient (Wildman–Crippen LogP) is 2.15. The lowest BCUT2D eigenvalue weighted by molar-refractivity contribution is 0.0215. The molecule has 0 aliphatic rings. The Kier molecular flexibility index (Phi) is 5.87. The summed E-state index contributed by atoms with van der Waals surface area (Å²) in [4.78, 5) is -0.0145. The summed E-state index contributed by atoms with van der Waals surface area (Å²) in [5.41, 5.74) is 5.99. The van der Waals surface area contributed by atoms with E-state index in [1.54, 1.807) is 6.07 Å². The third kappa shape index (κ3) is 4.89. The highest BCUT2D eigenvalue weighted by Gasteiger charge is 2.06. The molecule has 1 aromatic rings. The fourth-order valence-electron chi connectivity index (χ4n) is 1.26. The Balaban J connectivity index is 2.39. The van der Waals surface area contributed by atoms with Gasteiger partial charge in [0.2, 0.25) is 0 Å². The summed E-state index contributed by atoms with van der Waals surface area (Å²) in [5.74, 6) is -0.527. The van der Waals surface area contributed by atoms with Gasteiger partial charge in [0, 0.05) is 17.8 Å². The minimum absolute atomic E-state index is 0.0145. The molecule has 3 nitrogen and oxygen atoms in total. The van der Waals surface area contributed by atoms with Crippen molar-refractivity contribution in [1.29, 1.82) is 0 Å². The fraction of sp³-hybridized carbons (Fsp3) is 0.364. The van der Waals surface area contributed by atoms with Gasteiger partial charge in [0.1, 0.15) is 17.4 Å². The lowest BCUT2D eigenvalue weighted by Crippen LogP contribution is -2.14. The van der Waals surface area contributed by atoms with Crippen LogP contribution in [-0.4, -0.2) is 31.2 Å². The maximum absolute atomic E-state index is 13.4. The lowest BCUT2D eigenvalue weighted by atomic mass is 10.2. The number of rotatable bonds is 7. The van der Waals surface area contributed by atoms with Gasteiger partial charge in [-0.15, -0.1) is 0 Å². The van der Waals surface area contributed by atoms with Gasteiger partial charge in [-0.25, -0.2) is 13.2 Å². The van der Waals surface area contributed by atoms with Crippen LogP contribution in [0.3, 0.4) is 0 Å². The predicted molar refractivity (Wildman–Crippen MR) is 67.6 cm³/mol. The summed E-state index contributed by atoms with van der Waals surface area (Å²) < 4.78 is 41.6. The second-order valence-electron chi connectivity index (χ2n) is 3.45. The summed E-state index contributed by atoms with van der Waals surface area (Å²) in [6, 6.07) is 4.30. The van der Waals surface area contributed by atoms with Crippen LogP contribution in [0, 0.1) is 5.82 Å². The average molecular weight is 278 g/mol. The molecule has 0 saturated heterocycles. The summed E-state index contributed by atoms with van der Waals surface area (Å²) in [6.07, 6.45) is -2.48. The quantitative estimate of drug-likeness (QED) is 0.592. The number of thiocarbonyl (C=S) groups is 1. The maximum atomic E-state index is 13.4. The van der Waals surface area contributed by atoms with E-state index in [9.17, 15) is 13.2 Å². The molecule has 0 bridgehead atoms. The van der Waals surface area contributed by atoms with Crippen molar-refractivity contribution >= 4 is 22.9 Å². The maximum Gasteiger partial charge on any atom is 0.261 e. The first-order valence-corrected chi connectivity index (χ1v) is 5.60. The van der Waals surface area contributed by atoms with Crippen LogP contribution in [0.25, 0.3) is 0 Å². The number of halogens is 3. The van der Waals surface area contributed by atoms with E-state index >= 15 is 0 Å². The van der Waals surface area contributed by atoms with Crippen LogP contribution >= 0.6 is 12.2 Å². The van der Waals surface area contributed by atoms with Gasteiger partial charge in [0.15, 0.2) is 0 Å². The Morgan fingerprint density at radius 3 is 2.72 bits per heavy atom. The number of anilines is 1. The average Bonchev–Trinajstić information content (AvgIpc) is 2.27. The fourth-order valence-corrected chi connectivity index (χ4v) is 1.43. The van der Waals surface area contributed by atoms with Crippen LogP contribution in [0.15, 0.2) is 18.2 Å². The second kappa shape index (κ2) is 7.17. The van der Waals surface area contributed by atoms with Crippen molar-refractivity contribution in [2.45, 2.75) is 6.43 Å². The van der Waals surface area contributed by atoms with Crippen LogP contribution < -0.4 is 11.1 Å². The molecule has 18 heavy (non-hydrogen) atoms. The van der Waals surface area contributed by atoms with Gasteiger partial charge in [-0.05, 0) is 18.2 Å². The zero-order valence-electron chi connectivity index (χ0n) is 9.46. The van der Waals surface area contributed by atoms with Crippen molar-refractivity contribution in [2.75, 3.05) is 25.1 Å². The summed E-state index contributed by atoms with van der Waals surface area (Å²) in [6.45, 7) is -0.183. The van der Waals surface area contributed by atoms with Gasteiger partial charge in [-0.3, -0.25) is 0 Å². The molecule has 1 aromatic carbocycles. The molecule has 3 N–H and O–H groups in total. The highest BCUT2D eigenvalue weighted by atomic mass is 32.1. The third-order valence-electron chi connectivity index (χ3n) is 2.05. The largest absolute Gasteiger partial charge is 0.389 e. The van der Waals surface area contributed by atoms with Gasteiger partial charge in [-0.1, -0.05) is 12.2 Å². The molecule has 0 saturated carbocycles. The van der Waals surface area contributed by atoms with Crippen molar-refractivity contribution < 1.29 is 17.9 Å². The van der Waals surface area contributed by atoms with E-state index in [0.29, 0.717) is 12.2 Å². The molecule has 0 fully saturated rings. The van der Waals surface area contributed by atoms with E-state index in [0.717, 1.165) is 0 Å². The molecule has 0 spiro atoms. The molecule has 1 rings (SSSR count). The standard InChI is InChI=1S/C11H13F3N2OS/c12-9-5-7(1-2-8(9)11(15)18)16-3-4-17-6-10(13)14/h1-2,5,10,16H,3-4,6H2,(H2,15,18). The number of benzene rings is 1. The number of hydrogen-bond donors (Lipinski definition) is 2. The van der Waals surface area contributed by atoms with E-state index in [1.807, 2.05) is 0 Å². The van der Waals surface area contributed by atoms with Gasteiger partial charge in [0.05, 0.1) is 6.61 Å². The van der Waals surface area contributed by atoms with Crippen LogP contribution in [0.2, 0.25) is 0 Å². The van der Waals surface area contributed by atoms with Crippen LogP contribution in [0.4, 0.5) is 18.9 Å². The van der Waals surface area contributed by atoms with Gasteiger partial charge in [-0.2, -0.15) is 0 Å². The molecule has 0 radical (unpaired) electrons. The van der Waals surface area contributed by atoms with E-state index < -0.39 is 18.8 Å². The van der Waals surface area contributed by atoms with Gasteiger partial charge < -0.3 is 15.8 Å². The molecule has 0 aliphatic carbocycles. The number of alkyl halides is 2. The minimum atomic E-state index is -2.48. The normalized spacial score (nSPS) is 10.7. The lowest BCUT2D eigenvalue weighted by Gasteiger charge is -2.08.